The molecule has 0 saturated carbocycles. The number of likely N-dealkylation sites (tertiary alicyclic amines) is 1. The molecule has 20 heavy (non-hydrogen) atoms. The van der Waals surface area contributed by atoms with Crippen LogP contribution >= 0.6 is 0 Å². The third kappa shape index (κ3) is 3.85. The van der Waals surface area contributed by atoms with E-state index in [4.69, 9.17) is 0 Å². The Bertz CT molecular complexity index is 417. The molecule has 1 aliphatic rings. The molecular formula is C16H28N4. The molecule has 4 nitrogen and oxygen atoms in total. The highest BCUT2D eigenvalue weighted by Gasteiger charge is 2.19. The predicted molar refractivity (Wildman–Crippen MR) is 86.5 cm³/mol. The zero-order valence-electron chi connectivity index (χ0n) is 13.3. The van der Waals surface area contributed by atoms with Crippen LogP contribution in [0.2, 0.25) is 0 Å². The topological polar surface area (TPSA) is 31.4 Å². The largest absolute Gasteiger partial charge is 0.379 e. The van der Waals surface area contributed by atoms with Gasteiger partial charge in [-0.25, -0.2) is 0 Å². The van der Waals surface area contributed by atoms with Crippen LogP contribution in [0.15, 0.2) is 18.5 Å². The standard InChI is InChI=1S/C16H28N4/c1-13(2)20-10-5-6-14(8-11-20)18-15-12-17-9-7-16(15)19(3)4/h7,9,12-14,18H,5-6,8,10-11H2,1-4H3. The fraction of sp³-hybridized carbons (Fsp3) is 0.688. The second-order valence-corrected chi connectivity index (χ2v) is 6.19. The van der Waals surface area contributed by atoms with Gasteiger partial charge in [0.2, 0.25) is 0 Å². The second kappa shape index (κ2) is 6.93. The number of pyridine rings is 1. The zero-order chi connectivity index (χ0) is 14.5. The molecule has 0 radical (unpaired) electrons. The highest BCUT2D eigenvalue weighted by molar-refractivity contribution is 5.68. The first kappa shape index (κ1) is 15.1. The van der Waals surface area contributed by atoms with Gasteiger partial charge in [0.1, 0.15) is 0 Å². The summed E-state index contributed by atoms with van der Waals surface area (Å²) in [5.74, 6) is 0. The van der Waals surface area contributed by atoms with Gasteiger partial charge in [-0.05, 0) is 45.7 Å². The fourth-order valence-electron chi connectivity index (χ4n) is 2.89. The summed E-state index contributed by atoms with van der Waals surface area (Å²) in [6, 6.07) is 3.28. The van der Waals surface area contributed by atoms with Crippen molar-refractivity contribution in [2.75, 3.05) is 37.4 Å². The minimum absolute atomic E-state index is 0.557. The number of nitrogens with zero attached hydrogens (tertiary/aromatic N) is 3. The normalized spacial score (nSPS) is 20.8. The maximum Gasteiger partial charge on any atom is 0.0766 e. The summed E-state index contributed by atoms with van der Waals surface area (Å²) < 4.78 is 0. The van der Waals surface area contributed by atoms with Crippen LogP contribution in [0.25, 0.3) is 0 Å². The minimum Gasteiger partial charge on any atom is -0.379 e. The summed E-state index contributed by atoms with van der Waals surface area (Å²) in [5, 5.41) is 3.70. The van der Waals surface area contributed by atoms with Gasteiger partial charge in [-0.15, -0.1) is 0 Å². The van der Waals surface area contributed by atoms with Gasteiger partial charge in [-0.2, -0.15) is 0 Å². The first-order chi connectivity index (χ1) is 9.58. The van der Waals surface area contributed by atoms with Crippen LogP contribution < -0.4 is 10.2 Å². The predicted octanol–water partition coefficient (Wildman–Crippen LogP) is 2.82. The number of hydrogen-bond donors (Lipinski definition) is 1. The minimum atomic E-state index is 0.557. The molecule has 1 aliphatic heterocycles. The molecule has 2 rings (SSSR count). The summed E-state index contributed by atoms with van der Waals surface area (Å²) in [6.07, 6.45) is 7.52. The third-order valence-electron chi connectivity index (χ3n) is 4.13. The van der Waals surface area contributed by atoms with Gasteiger partial charge in [-0.1, -0.05) is 0 Å². The Hall–Kier alpha value is -1.29. The Labute approximate surface area is 123 Å². The fourth-order valence-corrected chi connectivity index (χ4v) is 2.89. The lowest BCUT2D eigenvalue weighted by Crippen LogP contribution is -2.32. The van der Waals surface area contributed by atoms with E-state index in [1.807, 2.05) is 12.4 Å². The molecule has 0 amide bonds. The Kier molecular flexibility index (Phi) is 5.24. The lowest BCUT2D eigenvalue weighted by atomic mass is 10.1. The SMILES string of the molecule is CC(C)N1CCCC(Nc2cnccc2N(C)C)CC1. The molecule has 1 N–H and O–H groups in total. The van der Waals surface area contributed by atoms with Crippen LogP contribution in [-0.4, -0.2) is 49.2 Å². The van der Waals surface area contributed by atoms with Crippen molar-refractivity contribution in [3.8, 4) is 0 Å². The van der Waals surface area contributed by atoms with Crippen LogP contribution in [0.1, 0.15) is 33.1 Å². The van der Waals surface area contributed by atoms with E-state index in [0.29, 0.717) is 12.1 Å². The van der Waals surface area contributed by atoms with E-state index < -0.39 is 0 Å². The van der Waals surface area contributed by atoms with E-state index in [1.54, 1.807) is 0 Å². The molecule has 1 atom stereocenters. The van der Waals surface area contributed by atoms with Gasteiger partial charge >= 0.3 is 0 Å². The van der Waals surface area contributed by atoms with Crippen molar-refractivity contribution in [1.29, 1.82) is 0 Å². The van der Waals surface area contributed by atoms with Gasteiger partial charge in [0.25, 0.3) is 0 Å². The maximum absolute atomic E-state index is 4.26. The number of hydrogen-bond acceptors (Lipinski definition) is 4. The second-order valence-electron chi connectivity index (χ2n) is 6.19. The van der Waals surface area contributed by atoms with Gasteiger partial charge < -0.3 is 15.1 Å². The van der Waals surface area contributed by atoms with Crippen molar-refractivity contribution in [3.63, 3.8) is 0 Å². The van der Waals surface area contributed by atoms with Crippen LogP contribution in [0.5, 0.6) is 0 Å². The number of anilines is 2. The van der Waals surface area contributed by atoms with Gasteiger partial charge in [-0.3, -0.25) is 4.98 Å². The summed E-state index contributed by atoms with van der Waals surface area (Å²) in [5.41, 5.74) is 2.37. The molecule has 0 aliphatic carbocycles. The van der Waals surface area contributed by atoms with Crippen LogP contribution in [0, 0.1) is 0 Å². The molecule has 112 valence electrons. The van der Waals surface area contributed by atoms with E-state index in [9.17, 15) is 0 Å². The molecule has 0 aromatic carbocycles. The van der Waals surface area contributed by atoms with Crippen molar-refractivity contribution in [2.24, 2.45) is 0 Å². The molecule has 1 aromatic rings. The highest BCUT2D eigenvalue weighted by Crippen LogP contribution is 2.25. The summed E-state index contributed by atoms with van der Waals surface area (Å²) in [6.45, 7) is 6.99. The average molecular weight is 276 g/mol. The maximum atomic E-state index is 4.26. The molecule has 4 heteroatoms. The van der Waals surface area contributed by atoms with E-state index in [0.717, 1.165) is 5.69 Å². The number of rotatable bonds is 4. The van der Waals surface area contributed by atoms with Crippen molar-refractivity contribution in [3.05, 3.63) is 18.5 Å². The van der Waals surface area contributed by atoms with E-state index >= 15 is 0 Å². The Morgan fingerprint density at radius 3 is 2.80 bits per heavy atom. The summed E-state index contributed by atoms with van der Waals surface area (Å²) >= 11 is 0. The first-order valence-corrected chi connectivity index (χ1v) is 7.70. The van der Waals surface area contributed by atoms with E-state index in [2.05, 4.69) is 54.1 Å². The van der Waals surface area contributed by atoms with E-state index in [1.165, 1.54) is 38.0 Å². The van der Waals surface area contributed by atoms with Crippen molar-refractivity contribution in [1.82, 2.24) is 9.88 Å². The van der Waals surface area contributed by atoms with Gasteiger partial charge in [0.15, 0.2) is 0 Å². The Balaban J connectivity index is 2.00. The zero-order valence-corrected chi connectivity index (χ0v) is 13.3. The van der Waals surface area contributed by atoms with Crippen molar-refractivity contribution in [2.45, 2.75) is 45.2 Å². The van der Waals surface area contributed by atoms with Crippen molar-refractivity contribution < 1.29 is 0 Å². The lowest BCUT2D eigenvalue weighted by Gasteiger charge is -2.25. The summed E-state index contributed by atoms with van der Waals surface area (Å²) in [4.78, 5) is 8.98. The van der Waals surface area contributed by atoms with Gasteiger partial charge in [0, 0.05) is 38.9 Å². The molecule has 2 heterocycles. The number of nitrogens with one attached hydrogen (secondary N) is 1. The average Bonchev–Trinajstić information content (AvgIpc) is 2.65. The van der Waals surface area contributed by atoms with Crippen LogP contribution in [0.3, 0.4) is 0 Å². The Morgan fingerprint density at radius 1 is 1.30 bits per heavy atom. The lowest BCUT2D eigenvalue weighted by molar-refractivity contribution is 0.230. The molecule has 1 fully saturated rings. The van der Waals surface area contributed by atoms with Crippen LogP contribution in [-0.2, 0) is 0 Å². The summed E-state index contributed by atoms with van der Waals surface area (Å²) in [7, 11) is 4.15. The number of aromatic nitrogens is 1. The molecule has 1 aromatic heterocycles. The van der Waals surface area contributed by atoms with Crippen LogP contribution in [0.4, 0.5) is 11.4 Å². The van der Waals surface area contributed by atoms with Gasteiger partial charge in [0.05, 0.1) is 17.6 Å². The Morgan fingerprint density at radius 2 is 2.10 bits per heavy atom. The molecule has 0 spiro atoms. The molecule has 0 bridgehead atoms. The monoisotopic (exact) mass is 276 g/mol. The quantitative estimate of drug-likeness (QED) is 0.916. The molecule has 1 unspecified atom stereocenters. The molecule has 1 saturated heterocycles. The third-order valence-corrected chi connectivity index (χ3v) is 4.13. The first-order valence-electron chi connectivity index (χ1n) is 7.70. The molecular weight excluding hydrogens is 248 g/mol. The van der Waals surface area contributed by atoms with E-state index in [-0.39, 0.29) is 0 Å². The highest BCUT2D eigenvalue weighted by atomic mass is 15.2. The van der Waals surface area contributed by atoms with Crippen molar-refractivity contribution >= 4 is 11.4 Å². The smallest absolute Gasteiger partial charge is 0.0766 e.